The zero-order chi connectivity index (χ0) is 32.4. The van der Waals surface area contributed by atoms with Crippen LogP contribution in [0.3, 0.4) is 0 Å². The molecule has 14 heteroatoms. The minimum atomic E-state index is -3.79. The average Bonchev–Trinajstić information content (AvgIpc) is 3.02. The third kappa shape index (κ3) is 7.94. The standard InChI is InChI=1S/C30H33BrN2O10S/c1-37-19-14-24(39-3)20(25(15-19)40-4)11-13-44(35,36)17-18-8-9-23(38-2)30(33-18)32-12-10-22(34)21-16-26(41-5)28(42-6)29(43-7)27(21)31/h8-16H,17H2,1-7H3,(H,32,33)/b12-10-,13-11+. The maximum absolute atomic E-state index is 13.0. The Morgan fingerprint density at radius 1 is 0.818 bits per heavy atom. The van der Waals surface area contributed by atoms with Gasteiger partial charge in [-0.25, -0.2) is 13.4 Å². The summed E-state index contributed by atoms with van der Waals surface area (Å²) in [5.74, 6) is 1.92. The molecule has 1 heterocycles. The summed E-state index contributed by atoms with van der Waals surface area (Å²) in [4.78, 5) is 17.4. The van der Waals surface area contributed by atoms with Crippen molar-refractivity contribution in [2.75, 3.05) is 55.1 Å². The van der Waals surface area contributed by atoms with Gasteiger partial charge in [-0.15, -0.1) is 0 Å². The maximum atomic E-state index is 13.0. The van der Waals surface area contributed by atoms with E-state index in [2.05, 4.69) is 26.2 Å². The van der Waals surface area contributed by atoms with Crippen molar-refractivity contribution >= 4 is 43.4 Å². The summed E-state index contributed by atoms with van der Waals surface area (Å²) < 4.78 is 63.9. The summed E-state index contributed by atoms with van der Waals surface area (Å²) in [6, 6.07) is 7.87. The average molecular weight is 694 g/mol. The molecule has 1 N–H and O–H groups in total. The number of carbonyl (C=O) groups is 1. The van der Waals surface area contributed by atoms with Crippen LogP contribution in [0.2, 0.25) is 0 Å². The number of nitrogens with one attached hydrogen (secondary N) is 1. The SMILES string of the molecule is COc1cc(OC)c(/C=C/S(=O)(=O)Cc2ccc(OC)c(N/C=C\C(=O)c3cc(OC)c(OC)c(OC)c3Br)n2)c(OC)c1. The Hall–Kier alpha value is -4.43. The number of carbonyl (C=O) groups excluding carboxylic acids is 1. The summed E-state index contributed by atoms with van der Waals surface area (Å²) in [7, 11) is 6.43. The molecule has 0 aliphatic heterocycles. The molecule has 0 unspecified atom stereocenters. The number of pyridine rings is 1. The number of allylic oxidation sites excluding steroid dienone is 1. The number of anilines is 1. The molecular weight excluding hydrogens is 660 g/mol. The molecule has 0 saturated heterocycles. The van der Waals surface area contributed by atoms with Gasteiger partial charge in [0.05, 0.1) is 71.3 Å². The lowest BCUT2D eigenvalue weighted by Crippen LogP contribution is -2.06. The molecule has 0 atom stereocenters. The van der Waals surface area contributed by atoms with Crippen molar-refractivity contribution in [2.45, 2.75) is 5.75 Å². The molecule has 236 valence electrons. The number of halogens is 1. The molecule has 2 aromatic carbocycles. The molecule has 3 aromatic rings. The van der Waals surface area contributed by atoms with E-state index in [-0.39, 0.29) is 17.1 Å². The van der Waals surface area contributed by atoms with Gasteiger partial charge in [0.2, 0.25) is 5.75 Å². The number of rotatable bonds is 15. The largest absolute Gasteiger partial charge is 0.496 e. The first-order chi connectivity index (χ1) is 21.1. The molecule has 0 saturated carbocycles. The summed E-state index contributed by atoms with van der Waals surface area (Å²) >= 11 is 3.39. The number of hydrogen-bond acceptors (Lipinski definition) is 12. The Morgan fingerprint density at radius 3 is 1.98 bits per heavy atom. The van der Waals surface area contributed by atoms with E-state index < -0.39 is 21.4 Å². The summed E-state index contributed by atoms with van der Waals surface area (Å²) in [5, 5.41) is 3.95. The summed E-state index contributed by atoms with van der Waals surface area (Å²) in [5.41, 5.74) is 0.922. The lowest BCUT2D eigenvalue weighted by Gasteiger charge is -2.15. The van der Waals surface area contributed by atoms with Crippen LogP contribution >= 0.6 is 15.9 Å². The van der Waals surface area contributed by atoms with E-state index in [1.54, 1.807) is 18.2 Å². The highest BCUT2D eigenvalue weighted by Gasteiger charge is 2.22. The van der Waals surface area contributed by atoms with Crippen LogP contribution in [0, 0.1) is 0 Å². The predicted octanol–water partition coefficient (Wildman–Crippen LogP) is 5.30. The first-order valence-corrected chi connectivity index (χ1v) is 15.3. The molecule has 0 aliphatic carbocycles. The Labute approximate surface area is 264 Å². The maximum Gasteiger partial charge on any atom is 0.204 e. The van der Waals surface area contributed by atoms with E-state index >= 15 is 0 Å². The minimum absolute atomic E-state index is 0.204. The molecule has 12 nitrogen and oxygen atoms in total. The van der Waals surface area contributed by atoms with Crippen LogP contribution in [-0.4, -0.2) is 69.0 Å². The van der Waals surface area contributed by atoms with Gasteiger partial charge in [0.25, 0.3) is 0 Å². The van der Waals surface area contributed by atoms with Gasteiger partial charge in [0.15, 0.2) is 38.7 Å². The van der Waals surface area contributed by atoms with Crippen LogP contribution < -0.4 is 38.5 Å². The van der Waals surface area contributed by atoms with Gasteiger partial charge in [-0.1, -0.05) is 0 Å². The highest BCUT2D eigenvalue weighted by Crippen LogP contribution is 2.45. The number of ether oxygens (including phenoxy) is 7. The molecule has 0 spiro atoms. The third-order valence-electron chi connectivity index (χ3n) is 6.17. The molecule has 1 aromatic heterocycles. The van der Waals surface area contributed by atoms with Gasteiger partial charge in [-0.05, 0) is 40.2 Å². The Kier molecular flexibility index (Phi) is 11.9. The highest BCUT2D eigenvalue weighted by molar-refractivity contribution is 9.10. The van der Waals surface area contributed by atoms with E-state index in [0.29, 0.717) is 50.3 Å². The normalized spacial score (nSPS) is 11.4. The Bertz CT molecular complexity index is 1650. The molecule has 0 radical (unpaired) electrons. The number of methoxy groups -OCH3 is 7. The van der Waals surface area contributed by atoms with E-state index in [1.807, 2.05) is 0 Å². The van der Waals surface area contributed by atoms with E-state index in [9.17, 15) is 13.2 Å². The van der Waals surface area contributed by atoms with Gasteiger partial charge < -0.3 is 38.5 Å². The second-order valence-corrected chi connectivity index (χ2v) is 11.4. The van der Waals surface area contributed by atoms with Crippen molar-refractivity contribution in [1.82, 2.24) is 4.98 Å². The quantitative estimate of drug-likeness (QED) is 0.163. The van der Waals surface area contributed by atoms with E-state index in [1.165, 1.54) is 80.3 Å². The monoisotopic (exact) mass is 692 g/mol. The molecule has 44 heavy (non-hydrogen) atoms. The first-order valence-electron chi connectivity index (χ1n) is 12.8. The fraction of sp³-hybridized carbons (Fsp3) is 0.267. The second kappa shape index (κ2) is 15.3. The molecule has 0 aliphatic rings. The van der Waals surface area contributed by atoms with Crippen molar-refractivity contribution in [3.63, 3.8) is 0 Å². The molecule has 0 fully saturated rings. The lowest BCUT2D eigenvalue weighted by molar-refractivity contribution is 0.104. The number of aromatic nitrogens is 1. The Balaban J connectivity index is 1.84. The van der Waals surface area contributed by atoms with Crippen LogP contribution in [0.15, 0.2) is 52.5 Å². The van der Waals surface area contributed by atoms with Crippen LogP contribution in [0.1, 0.15) is 21.6 Å². The van der Waals surface area contributed by atoms with Crippen molar-refractivity contribution in [3.8, 4) is 40.2 Å². The van der Waals surface area contributed by atoms with Crippen LogP contribution in [0.25, 0.3) is 6.08 Å². The molecule has 0 bridgehead atoms. The molecule has 0 amide bonds. The molecular formula is C30H33BrN2O10S. The van der Waals surface area contributed by atoms with E-state index in [0.717, 1.165) is 5.41 Å². The number of sulfone groups is 1. The fourth-order valence-corrected chi connectivity index (χ4v) is 5.71. The smallest absolute Gasteiger partial charge is 0.204 e. The van der Waals surface area contributed by atoms with Crippen LogP contribution in [-0.2, 0) is 15.6 Å². The lowest BCUT2D eigenvalue weighted by atomic mass is 10.1. The zero-order valence-corrected chi connectivity index (χ0v) is 27.6. The van der Waals surface area contributed by atoms with Crippen LogP contribution in [0.5, 0.6) is 40.2 Å². The van der Waals surface area contributed by atoms with Crippen molar-refractivity contribution in [3.05, 3.63) is 69.3 Å². The third-order valence-corrected chi connectivity index (χ3v) is 8.21. The predicted molar refractivity (Wildman–Crippen MR) is 169 cm³/mol. The highest BCUT2D eigenvalue weighted by atomic mass is 79.9. The van der Waals surface area contributed by atoms with Gasteiger partial charge in [0, 0.05) is 35.4 Å². The van der Waals surface area contributed by atoms with Crippen LogP contribution in [0.4, 0.5) is 5.82 Å². The van der Waals surface area contributed by atoms with Crippen molar-refractivity contribution < 1.29 is 46.4 Å². The molecule has 3 rings (SSSR count). The summed E-state index contributed by atoms with van der Waals surface area (Å²) in [6.07, 6.45) is 4.03. The van der Waals surface area contributed by atoms with Gasteiger partial charge in [0.1, 0.15) is 17.2 Å². The topological polar surface area (TPSA) is 141 Å². The second-order valence-electron chi connectivity index (χ2n) is 8.76. The van der Waals surface area contributed by atoms with E-state index in [4.69, 9.17) is 33.2 Å². The minimum Gasteiger partial charge on any atom is -0.496 e. The van der Waals surface area contributed by atoms with Crippen molar-refractivity contribution in [2.24, 2.45) is 0 Å². The number of nitrogens with zero attached hydrogens (tertiary/aromatic N) is 1. The zero-order valence-electron chi connectivity index (χ0n) is 25.2. The van der Waals surface area contributed by atoms with Crippen molar-refractivity contribution in [1.29, 1.82) is 0 Å². The first kappa shape index (κ1) is 34.1. The fourth-order valence-electron chi connectivity index (χ4n) is 4.04. The number of benzene rings is 2. The van der Waals surface area contributed by atoms with Gasteiger partial charge in [-0.2, -0.15) is 0 Å². The Morgan fingerprint density at radius 2 is 1.43 bits per heavy atom. The van der Waals surface area contributed by atoms with Gasteiger partial charge >= 0.3 is 0 Å². The number of ketones is 1. The summed E-state index contributed by atoms with van der Waals surface area (Å²) in [6.45, 7) is 0. The number of hydrogen-bond donors (Lipinski definition) is 1. The van der Waals surface area contributed by atoms with Gasteiger partial charge in [-0.3, -0.25) is 4.79 Å².